The third-order valence-electron chi connectivity index (χ3n) is 0.746. The van der Waals surface area contributed by atoms with E-state index in [9.17, 15) is 0 Å². The first-order chi connectivity index (χ1) is 4.29. The van der Waals surface area contributed by atoms with Crippen LogP contribution in [0, 0.1) is 13.8 Å². The average molecular weight is 128 g/mol. The Hall–Kier alpha value is -0.830. The molecule has 3 heteroatoms. The Morgan fingerprint density at radius 1 is 1.44 bits per heavy atom. The molecular formula is C6H12N2O. The fraction of sp³-hybridized carbons (Fsp3) is 0.500. The van der Waals surface area contributed by atoms with Crippen molar-refractivity contribution < 1.29 is 4.52 Å². The zero-order valence-electron chi connectivity index (χ0n) is 6.01. The molecule has 9 heavy (non-hydrogen) atoms. The summed E-state index contributed by atoms with van der Waals surface area (Å²) in [5.74, 6) is 0.873. The molecule has 3 nitrogen and oxygen atoms in total. The fourth-order valence-electron chi connectivity index (χ4n) is 0.491. The third-order valence-corrected chi connectivity index (χ3v) is 0.746. The topological polar surface area (TPSA) is 52.0 Å². The molecule has 0 atom stereocenters. The molecule has 0 saturated carbocycles. The summed E-state index contributed by atoms with van der Waals surface area (Å²) in [5, 5.41) is 3.64. The molecule has 0 aliphatic heterocycles. The van der Waals surface area contributed by atoms with Crippen molar-refractivity contribution in [3.63, 3.8) is 0 Å². The van der Waals surface area contributed by atoms with Gasteiger partial charge in [-0.3, -0.25) is 0 Å². The van der Waals surface area contributed by atoms with Crippen LogP contribution in [0.15, 0.2) is 10.6 Å². The van der Waals surface area contributed by atoms with Crippen molar-refractivity contribution in [3.8, 4) is 0 Å². The van der Waals surface area contributed by atoms with Crippen molar-refractivity contribution in [2.45, 2.75) is 13.8 Å². The van der Waals surface area contributed by atoms with Crippen molar-refractivity contribution >= 4 is 0 Å². The summed E-state index contributed by atoms with van der Waals surface area (Å²) >= 11 is 0. The van der Waals surface area contributed by atoms with E-state index in [-0.39, 0.29) is 0 Å². The second-order valence-electron chi connectivity index (χ2n) is 1.58. The van der Waals surface area contributed by atoms with E-state index >= 15 is 0 Å². The van der Waals surface area contributed by atoms with E-state index in [1.54, 1.807) is 0 Å². The van der Waals surface area contributed by atoms with Gasteiger partial charge in [-0.15, -0.1) is 0 Å². The average Bonchev–Trinajstić information content (AvgIpc) is 2.20. The fourth-order valence-corrected chi connectivity index (χ4v) is 0.491. The van der Waals surface area contributed by atoms with Crippen molar-refractivity contribution in [1.82, 2.24) is 5.16 Å². The summed E-state index contributed by atoms with van der Waals surface area (Å²) < 4.78 is 4.71. The molecule has 0 spiro atoms. The summed E-state index contributed by atoms with van der Waals surface area (Å²) in [4.78, 5) is 0. The highest BCUT2D eigenvalue weighted by Gasteiger charge is 1.88. The van der Waals surface area contributed by atoms with Crippen LogP contribution in [0.4, 0.5) is 0 Å². The number of aromatic nitrogens is 1. The van der Waals surface area contributed by atoms with Crippen LogP contribution in [0.5, 0.6) is 0 Å². The summed E-state index contributed by atoms with van der Waals surface area (Å²) in [7, 11) is 1.50. The molecule has 1 aromatic heterocycles. The van der Waals surface area contributed by atoms with E-state index in [4.69, 9.17) is 4.52 Å². The quantitative estimate of drug-likeness (QED) is 0.564. The molecule has 0 bridgehead atoms. The van der Waals surface area contributed by atoms with Gasteiger partial charge in [0.15, 0.2) is 0 Å². The lowest BCUT2D eigenvalue weighted by molar-refractivity contribution is 0.393. The van der Waals surface area contributed by atoms with Gasteiger partial charge in [-0.25, -0.2) is 0 Å². The highest BCUT2D eigenvalue weighted by molar-refractivity contribution is 4.99. The minimum Gasteiger partial charge on any atom is -0.361 e. The minimum absolute atomic E-state index is 0.873. The van der Waals surface area contributed by atoms with Gasteiger partial charge in [0.25, 0.3) is 0 Å². The number of nitrogens with two attached hydrogens (primary N) is 1. The van der Waals surface area contributed by atoms with Crippen LogP contribution in [0.1, 0.15) is 11.5 Å². The first kappa shape index (κ1) is 8.17. The number of rotatable bonds is 0. The summed E-state index contributed by atoms with van der Waals surface area (Å²) in [6.07, 6.45) is 0. The maximum Gasteiger partial charge on any atom is 0.133 e. The highest BCUT2D eigenvalue weighted by atomic mass is 16.5. The maximum atomic E-state index is 4.71. The van der Waals surface area contributed by atoms with Gasteiger partial charge in [0.1, 0.15) is 5.76 Å². The predicted molar refractivity (Wildman–Crippen MR) is 36.1 cm³/mol. The van der Waals surface area contributed by atoms with Crippen molar-refractivity contribution in [2.24, 2.45) is 5.73 Å². The lowest BCUT2D eigenvalue weighted by atomic mass is 10.4. The van der Waals surface area contributed by atoms with Crippen LogP contribution in [0.25, 0.3) is 0 Å². The van der Waals surface area contributed by atoms with Crippen molar-refractivity contribution in [1.29, 1.82) is 0 Å². The smallest absolute Gasteiger partial charge is 0.133 e. The van der Waals surface area contributed by atoms with Crippen LogP contribution in [-0.2, 0) is 0 Å². The zero-order valence-corrected chi connectivity index (χ0v) is 6.01. The van der Waals surface area contributed by atoms with Gasteiger partial charge in [0.05, 0.1) is 5.69 Å². The van der Waals surface area contributed by atoms with Crippen molar-refractivity contribution in [2.75, 3.05) is 7.05 Å². The molecule has 2 N–H and O–H groups in total. The monoisotopic (exact) mass is 128 g/mol. The lowest BCUT2D eigenvalue weighted by Crippen LogP contribution is -1.69. The van der Waals surface area contributed by atoms with Gasteiger partial charge < -0.3 is 10.3 Å². The van der Waals surface area contributed by atoms with Gasteiger partial charge in [0, 0.05) is 6.07 Å². The summed E-state index contributed by atoms with van der Waals surface area (Å²) in [6.45, 7) is 3.77. The van der Waals surface area contributed by atoms with E-state index in [1.165, 1.54) is 7.05 Å². The molecule has 1 aromatic rings. The van der Waals surface area contributed by atoms with E-state index in [1.807, 2.05) is 19.9 Å². The molecule has 0 fully saturated rings. The Labute approximate surface area is 54.8 Å². The summed E-state index contributed by atoms with van der Waals surface area (Å²) in [6, 6.07) is 1.89. The zero-order chi connectivity index (χ0) is 7.28. The largest absolute Gasteiger partial charge is 0.361 e. The molecule has 0 saturated heterocycles. The second kappa shape index (κ2) is 4.09. The van der Waals surface area contributed by atoms with E-state index in [0.717, 1.165) is 11.5 Å². The van der Waals surface area contributed by atoms with Gasteiger partial charge in [-0.2, -0.15) is 0 Å². The second-order valence-corrected chi connectivity index (χ2v) is 1.58. The molecule has 1 rings (SSSR count). The number of aryl methyl sites for hydroxylation is 2. The molecule has 0 aliphatic rings. The Morgan fingerprint density at radius 3 is 2.11 bits per heavy atom. The molecule has 0 amide bonds. The third kappa shape index (κ3) is 2.87. The van der Waals surface area contributed by atoms with Crippen LogP contribution in [0.2, 0.25) is 0 Å². The van der Waals surface area contributed by atoms with Gasteiger partial charge >= 0.3 is 0 Å². The van der Waals surface area contributed by atoms with Gasteiger partial charge in [-0.05, 0) is 20.9 Å². The molecule has 52 valence electrons. The van der Waals surface area contributed by atoms with Crippen LogP contribution < -0.4 is 5.73 Å². The first-order valence-corrected chi connectivity index (χ1v) is 2.77. The molecular weight excluding hydrogens is 116 g/mol. The Bertz CT molecular complexity index is 143. The SMILES string of the molecule is CN.Cc1cc(C)on1. The Morgan fingerprint density at radius 2 is 2.00 bits per heavy atom. The first-order valence-electron chi connectivity index (χ1n) is 2.77. The molecule has 0 unspecified atom stereocenters. The number of hydrogen-bond acceptors (Lipinski definition) is 3. The van der Waals surface area contributed by atoms with Gasteiger partial charge in [-0.1, -0.05) is 5.16 Å². The van der Waals surface area contributed by atoms with Crippen LogP contribution >= 0.6 is 0 Å². The van der Waals surface area contributed by atoms with Crippen LogP contribution in [0.3, 0.4) is 0 Å². The Kier molecular flexibility index (Phi) is 3.71. The molecule has 0 aliphatic carbocycles. The lowest BCUT2D eigenvalue weighted by Gasteiger charge is -1.65. The number of hydrogen-bond donors (Lipinski definition) is 1. The number of nitrogens with zero attached hydrogens (tertiary/aromatic N) is 1. The molecule has 1 heterocycles. The van der Waals surface area contributed by atoms with Crippen molar-refractivity contribution in [3.05, 3.63) is 17.5 Å². The van der Waals surface area contributed by atoms with E-state index < -0.39 is 0 Å². The maximum absolute atomic E-state index is 4.71. The molecule has 0 aromatic carbocycles. The van der Waals surface area contributed by atoms with Crippen LogP contribution in [-0.4, -0.2) is 12.2 Å². The van der Waals surface area contributed by atoms with E-state index in [0.29, 0.717) is 0 Å². The molecule has 0 radical (unpaired) electrons. The van der Waals surface area contributed by atoms with E-state index in [2.05, 4.69) is 10.9 Å². The highest BCUT2D eigenvalue weighted by Crippen LogP contribution is 1.96. The summed E-state index contributed by atoms with van der Waals surface area (Å²) in [5.41, 5.74) is 5.44. The standard InChI is InChI=1S/C5H7NO.CH5N/c1-4-3-5(2)7-6-4;1-2/h3H,1-2H3;2H2,1H3. The minimum atomic E-state index is 0.873. The normalized spacial score (nSPS) is 8.00. The predicted octanol–water partition coefficient (Wildman–Crippen LogP) is 0.866. The van der Waals surface area contributed by atoms with Gasteiger partial charge in [0.2, 0.25) is 0 Å². The Balaban J connectivity index is 0.000000291.